The molecule has 0 bridgehead atoms. The molecule has 6 heteroatoms. The number of hydrogen-bond donors (Lipinski definition) is 1. The lowest BCUT2D eigenvalue weighted by Crippen LogP contribution is -2.59. The van der Waals surface area contributed by atoms with E-state index in [9.17, 15) is 9.59 Å². The fourth-order valence-corrected chi connectivity index (χ4v) is 3.98. The molecule has 166 valence electrons. The van der Waals surface area contributed by atoms with Gasteiger partial charge >= 0.3 is 0 Å². The van der Waals surface area contributed by atoms with E-state index in [0.717, 1.165) is 12.0 Å². The molecule has 0 radical (unpaired) electrons. The molecule has 2 aromatic carbocycles. The summed E-state index contributed by atoms with van der Waals surface area (Å²) < 4.78 is 10.9. The Morgan fingerprint density at radius 1 is 1.13 bits per heavy atom. The van der Waals surface area contributed by atoms with Gasteiger partial charge in [0.15, 0.2) is 0 Å². The van der Waals surface area contributed by atoms with E-state index in [1.807, 2.05) is 31.2 Å². The number of carbonyl (C=O) groups excluding carboxylic acids is 2. The van der Waals surface area contributed by atoms with E-state index in [-0.39, 0.29) is 11.8 Å². The van der Waals surface area contributed by atoms with Gasteiger partial charge in [-0.15, -0.1) is 0 Å². The normalized spacial score (nSPS) is 18.4. The Labute approximate surface area is 184 Å². The maximum absolute atomic E-state index is 13.8. The highest BCUT2D eigenvalue weighted by molar-refractivity contribution is 6.12. The van der Waals surface area contributed by atoms with E-state index >= 15 is 0 Å². The SMILES string of the molecule is COc1cc(OC)cc(N2C(=O)c3ccccc3CC[C@@]2(C)C(=O)NCCC(C)C)c1. The Morgan fingerprint density at radius 2 is 1.77 bits per heavy atom. The van der Waals surface area contributed by atoms with Crippen LogP contribution in [0.5, 0.6) is 11.5 Å². The molecule has 0 spiro atoms. The van der Waals surface area contributed by atoms with E-state index < -0.39 is 5.54 Å². The van der Waals surface area contributed by atoms with Crippen LogP contribution in [0.15, 0.2) is 42.5 Å². The minimum absolute atomic E-state index is 0.156. The zero-order valence-electron chi connectivity index (χ0n) is 19.0. The maximum atomic E-state index is 13.8. The minimum atomic E-state index is -1.07. The zero-order valence-corrected chi connectivity index (χ0v) is 19.0. The molecule has 31 heavy (non-hydrogen) atoms. The highest BCUT2D eigenvalue weighted by Gasteiger charge is 2.45. The molecule has 0 aromatic heterocycles. The van der Waals surface area contributed by atoms with Crippen LogP contribution in [0.1, 0.15) is 49.5 Å². The molecule has 2 aromatic rings. The van der Waals surface area contributed by atoms with Crippen LogP contribution in [0.25, 0.3) is 0 Å². The number of fused-ring (bicyclic) bond motifs is 1. The third kappa shape index (κ3) is 4.68. The van der Waals surface area contributed by atoms with Gasteiger partial charge in [0.05, 0.1) is 19.9 Å². The largest absolute Gasteiger partial charge is 0.497 e. The first kappa shape index (κ1) is 22.7. The summed E-state index contributed by atoms with van der Waals surface area (Å²) >= 11 is 0. The third-order valence-corrected chi connectivity index (χ3v) is 5.92. The van der Waals surface area contributed by atoms with Crippen LogP contribution >= 0.6 is 0 Å². The molecular formula is C25H32N2O4. The van der Waals surface area contributed by atoms with Gasteiger partial charge in [-0.2, -0.15) is 0 Å². The van der Waals surface area contributed by atoms with Crippen molar-refractivity contribution in [2.75, 3.05) is 25.7 Å². The first-order valence-electron chi connectivity index (χ1n) is 10.7. The van der Waals surface area contributed by atoms with Gasteiger partial charge in [0.1, 0.15) is 17.0 Å². The van der Waals surface area contributed by atoms with Crippen LogP contribution in [-0.2, 0) is 11.2 Å². The number of carbonyl (C=O) groups is 2. The van der Waals surface area contributed by atoms with Crippen LogP contribution in [0.2, 0.25) is 0 Å². The van der Waals surface area contributed by atoms with Gasteiger partial charge in [0, 0.05) is 30.3 Å². The first-order chi connectivity index (χ1) is 14.8. The Morgan fingerprint density at radius 3 is 2.39 bits per heavy atom. The Balaban J connectivity index is 2.10. The first-order valence-corrected chi connectivity index (χ1v) is 10.7. The van der Waals surface area contributed by atoms with Gasteiger partial charge in [0.25, 0.3) is 5.91 Å². The molecule has 0 aliphatic carbocycles. The number of anilines is 1. The molecule has 1 atom stereocenters. The lowest BCUT2D eigenvalue weighted by atomic mass is 9.91. The number of nitrogens with zero attached hydrogens (tertiary/aromatic N) is 1. The summed E-state index contributed by atoms with van der Waals surface area (Å²) in [5.41, 5.74) is 1.07. The summed E-state index contributed by atoms with van der Waals surface area (Å²) in [6, 6.07) is 12.9. The standard InChI is InChI=1S/C25H32N2O4/c1-17(2)11-13-26-24(29)25(3)12-10-18-8-6-7-9-22(18)23(28)27(25)19-14-20(30-4)16-21(15-19)31-5/h6-9,14-17H,10-13H2,1-5H3,(H,26,29)/t25-/m0/s1. The second kappa shape index (κ2) is 9.41. The molecule has 0 saturated carbocycles. The zero-order chi connectivity index (χ0) is 22.6. The van der Waals surface area contributed by atoms with E-state index in [2.05, 4.69) is 19.2 Å². The third-order valence-electron chi connectivity index (χ3n) is 5.92. The van der Waals surface area contributed by atoms with E-state index in [1.165, 1.54) is 0 Å². The number of rotatable bonds is 7. The van der Waals surface area contributed by atoms with Crippen LogP contribution in [0, 0.1) is 5.92 Å². The molecule has 1 aliphatic heterocycles. The Hall–Kier alpha value is -3.02. The second-order valence-electron chi connectivity index (χ2n) is 8.58. The van der Waals surface area contributed by atoms with E-state index in [0.29, 0.717) is 48.1 Å². The summed E-state index contributed by atoms with van der Waals surface area (Å²) in [5, 5.41) is 3.06. The Bertz CT molecular complexity index is 934. The fourth-order valence-electron chi connectivity index (χ4n) is 3.98. The maximum Gasteiger partial charge on any atom is 0.259 e. The van der Waals surface area contributed by atoms with E-state index in [4.69, 9.17) is 9.47 Å². The summed E-state index contributed by atoms with van der Waals surface area (Å²) in [4.78, 5) is 28.9. The lowest BCUT2D eigenvalue weighted by Gasteiger charge is -2.39. The monoisotopic (exact) mass is 424 g/mol. The summed E-state index contributed by atoms with van der Waals surface area (Å²) in [6.07, 6.45) is 2.01. The van der Waals surface area contributed by atoms with Crippen LogP contribution in [0.3, 0.4) is 0 Å². The van der Waals surface area contributed by atoms with Crippen molar-refractivity contribution < 1.29 is 19.1 Å². The molecule has 2 amide bonds. The van der Waals surface area contributed by atoms with Gasteiger partial charge in [-0.1, -0.05) is 32.0 Å². The predicted octanol–water partition coefficient (Wildman–Crippen LogP) is 4.22. The van der Waals surface area contributed by atoms with Crippen LogP contribution in [-0.4, -0.2) is 38.1 Å². The number of benzene rings is 2. The molecule has 0 fully saturated rings. The summed E-state index contributed by atoms with van der Waals surface area (Å²) in [7, 11) is 3.13. The van der Waals surface area contributed by atoms with Crippen molar-refractivity contribution in [3.05, 3.63) is 53.6 Å². The summed E-state index contributed by atoms with van der Waals surface area (Å²) in [6.45, 7) is 6.65. The molecule has 6 nitrogen and oxygen atoms in total. The topological polar surface area (TPSA) is 67.9 Å². The quantitative estimate of drug-likeness (QED) is 0.723. The number of aryl methyl sites for hydroxylation is 1. The smallest absolute Gasteiger partial charge is 0.259 e. The average Bonchev–Trinajstić information content (AvgIpc) is 2.88. The molecular weight excluding hydrogens is 392 g/mol. The highest BCUT2D eigenvalue weighted by atomic mass is 16.5. The van der Waals surface area contributed by atoms with Crippen molar-refractivity contribution in [2.24, 2.45) is 5.92 Å². The van der Waals surface area contributed by atoms with Gasteiger partial charge in [-0.3, -0.25) is 14.5 Å². The molecule has 0 unspecified atom stereocenters. The van der Waals surface area contributed by atoms with Crippen molar-refractivity contribution in [2.45, 2.75) is 45.6 Å². The fraction of sp³-hybridized carbons (Fsp3) is 0.440. The molecule has 0 saturated heterocycles. The number of ether oxygens (including phenoxy) is 2. The van der Waals surface area contributed by atoms with E-state index in [1.54, 1.807) is 37.3 Å². The second-order valence-corrected chi connectivity index (χ2v) is 8.58. The lowest BCUT2D eigenvalue weighted by molar-refractivity contribution is -0.126. The Kier molecular flexibility index (Phi) is 6.88. The van der Waals surface area contributed by atoms with Gasteiger partial charge in [-0.05, 0) is 43.7 Å². The number of hydrogen-bond acceptors (Lipinski definition) is 4. The van der Waals surface area contributed by atoms with Gasteiger partial charge in [-0.25, -0.2) is 0 Å². The predicted molar refractivity (Wildman–Crippen MR) is 122 cm³/mol. The van der Waals surface area contributed by atoms with Crippen molar-refractivity contribution in [3.8, 4) is 11.5 Å². The molecule has 1 heterocycles. The van der Waals surface area contributed by atoms with Crippen molar-refractivity contribution >= 4 is 17.5 Å². The number of methoxy groups -OCH3 is 2. The number of nitrogens with one attached hydrogen (secondary N) is 1. The minimum Gasteiger partial charge on any atom is -0.497 e. The van der Waals surface area contributed by atoms with Crippen LogP contribution < -0.4 is 19.7 Å². The van der Waals surface area contributed by atoms with Gasteiger partial charge < -0.3 is 14.8 Å². The molecule has 1 aliphatic rings. The van der Waals surface area contributed by atoms with Crippen molar-refractivity contribution in [1.82, 2.24) is 5.32 Å². The number of amides is 2. The summed E-state index contributed by atoms with van der Waals surface area (Å²) in [5.74, 6) is 1.23. The molecule has 1 N–H and O–H groups in total. The van der Waals surface area contributed by atoms with Gasteiger partial charge in [0.2, 0.25) is 5.91 Å². The van der Waals surface area contributed by atoms with Crippen molar-refractivity contribution in [3.63, 3.8) is 0 Å². The van der Waals surface area contributed by atoms with Crippen molar-refractivity contribution in [1.29, 1.82) is 0 Å². The van der Waals surface area contributed by atoms with Crippen LogP contribution in [0.4, 0.5) is 5.69 Å². The average molecular weight is 425 g/mol. The molecule has 3 rings (SSSR count). The highest BCUT2D eigenvalue weighted by Crippen LogP contribution is 2.38.